The van der Waals surface area contributed by atoms with Gasteiger partial charge >= 0.3 is 0 Å². The van der Waals surface area contributed by atoms with Crippen LogP contribution in [0, 0.1) is 0 Å². The summed E-state index contributed by atoms with van der Waals surface area (Å²) in [4.78, 5) is 2.52. The number of hydrogen-bond acceptors (Lipinski definition) is 2. The van der Waals surface area contributed by atoms with E-state index in [1.807, 2.05) is 11.3 Å². The summed E-state index contributed by atoms with van der Waals surface area (Å²) in [7, 11) is 0. The molecule has 250 valence electrons. The highest BCUT2D eigenvalue weighted by atomic mass is 32.1. The van der Waals surface area contributed by atoms with Crippen LogP contribution in [-0.2, 0) is 5.41 Å². The molecule has 0 saturated heterocycles. The van der Waals surface area contributed by atoms with Crippen LogP contribution in [0.2, 0.25) is 0 Å². The molecule has 0 unspecified atom stereocenters. The van der Waals surface area contributed by atoms with E-state index in [1.165, 1.54) is 85.9 Å². The van der Waals surface area contributed by atoms with Crippen LogP contribution in [0.4, 0.5) is 17.1 Å². The Kier molecular flexibility index (Phi) is 6.53. The molecule has 10 aromatic rings. The summed E-state index contributed by atoms with van der Waals surface area (Å²) in [6.45, 7) is 4.75. The van der Waals surface area contributed by atoms with Crippen molar-refractivity contribution in [2.75, 3.05) is 4.90 Å². The fourth-order valence-corrected chi connectivity index (χ4v) is 10.2. The maximum absolute atomic E-state index is 2.52. The lowest BCUT2D eigenvalue weighted by Gasteiger charge is -2.30. The molecular formula is C51H35NS. The van der Waals surface area contributed by atoms with Gasteiger partial charge in [0.2, 0.25) is 0 Å². The first-order valence-electron chi connectivity index (χ1n) is 18.4. The third-order valence-electron chi connectivity index (χ3n) is 11.6. The van der Waals surface area contributed by atoms with Crippen molar-refractivity contribution in [3.63, 3.8) is 0 Å². The van der Waals surface area contributed by atoms with Crippen molar-refractivity contribution in [2.45, 2.75) is 19.3 Å². The molecule has 9 aromatic carbocycles. The van der Waals surface area contributed by atoms with Gasteiger partial charge in [0.25, 0.3) is 0 Å². The number of nitrogens with zero attached hydrogens (tertiary/aromatic N) is 1. The Morgan fingerprint density at radius 3 is 1.75 bits per heavy atom. The quantitative estimate of drug-likeness (QED) is 0.177. The fraction of sp³-hybridized carbons (Fsp3) is 0.0588. The van der Waals surface area contributed by atoms with Crippen molar-refractivity contribution >= 4 is 80.9 Å². The van der Waals surface area contributed by atoms with Crippen molar-refractivity contribution in [1.82, 2.24) is 0 Å². The molecule has 2 heteroatoms. The van der Waals surface area contributed by atoms with E-state index in [9.17, 15) is 0 Å². The normalized spacial score (nSPS) is 13.2. The van der Waals surface area contributed by atoms with Crippen molar-refractivity contribution < 1.29 is 0 Å². The topological polar surface area (TPSA) is 3.24 Å². The molecule has 1 aliphatic carbocycles. The maximum Gasteiger partial charge on any atom is 0.0546 e. The van der Waals surface area contributed by atoms with Gasteiger partial charge in [-0.25, -0.2) is 0 Å². The van der Waals surface area contributed by atoms with Gasteiger partial charge in [-0.3, -0.25) is 0 Å². The van der Waals surface area contributed by atoms with Crippen LogP contribution in [0.5, 0.6) is 0 Å². The molecule has 0 atom stereocenters. The van der Waals surface area contributed by atoms with Crippen LogP contribution in [0.25, 0.3) is 74.7 Å². The molecule has 0 saturated carbocycles. The fourth-order valence-electron chi connectivity index (χ4n) is 9.10. The lowest BCUT2D eigenvalue weighted by Crippen LogP contribution is -2.15. The van der Waals surface area contributed by atoms with Crippen LogP contribution in [-0.4, -0.2) is 0 Å². The van der Waals surface area contributed by atoms with Crippen molar-refractivity contribution in [3.8, 4) is 22.3 Å². The Hall–Kier alpha value is -6.22. The average molecular weight is 694 g/mol. The van der Waals surface area contributed by atoms with E-state index in [4.69, 9.17) is 0 Å². The summed E-state index contributed by atoms with van der Waals surface area (Å²) >= 11 is 1.87. The summed E-state index contributed by atoms with van der Waals surface area (Å²) in [6, 6.07) is 65.5. The van der Waals surface area contributed by atoms with Gasteiger partial charge in [0.15, 0.2) is 0 Å². The predicted molar refractivity (Wildman–Crippen MR) is 230 cm³/mol. The molecule has 0 N–H and O–H groups in total. The molecule has 0 fully saturated rings. The minimum absolute atomic E-state index is 0.106. The van der Waals surface area contributed by atoms with Crippen LogP contribution in [0.15, 0.2) is 176 Å². The number of thiophene rings is 1. The van der Waals surface area contributed by atoms with Crippen molar-refractivity contribution in [3.05, 3.63) is 187 Å². The predicted octanol–water partition coefficient (Wildman–Crippen LogP) is 15.0. The van der Waals surface area contributed by atoms with Gasteiger partial charge in [-0.1, -0.05) is 153 Å². The number of fused-ring (bicyclic) bond motifs is 10. The van der Waals surface area contributed by atoms with Gasteiger partial charge in [-0.15, -0.1) is 11.3 Å². The molecule has 0 aliphatic heterocycles. The van der Waals surface area contributed by atoms with Crippen molar-refractivity contribution in [1.29, 1.82) is 0 Å². The molecule has 1 aromatic heterocycles. The standard InChI is InChI=1S/C51H35NS/c1-51(2)44-28-25-35(30-43(44)49-38-17-7-4-13-33(38)22-27-45(49)51)52(36-24-26-41-40-19-9-10-21-47(40)53-48(41)31-36)46-29-23-34-14-5-8-18-39(34)50(46)42-20-11-15-32-12-3-6-16-37(32)42/h3-31H,1-2H3. The monoisotopic (exact) mass is 693 g/mol. The molecular weight excluding hydrogens is 659 g/mol. The van der Waals surface area contributed by atoms with Gasteiger partial charge in [0, 0.05) is 42.5 Å². The third-order valence-corrected chi connectivity index (χ3v) is 12.8. The molecule has 1 heterocycles. The second kappa shape index (κ2) is 11.4. The van der Waals surface area contributed by atoms with Gasteiger partial charge in [-0.05, 0) is 96.5 Å². The van der Waals surface area contributed by atoms with Crippen molar-refractivity contribution in [2.24, 2.45) is 0 Å². The molecule has 1 nitrogen and oxygen atoms in total. The summed E-state index contributed by atoms with van der Waals surface area (Å²) in [5.41, 5.74) is 11.3. The molecule has 1 aliphatic rings. The number of benzene rings is 9. The van der Waals surface area contributed by atoms with E-state index in [2.05, 4.69) is 195 Å². The summed E-state index contributed by atoms with van der Waals surface area (Å²) < 4.78 is 2.61. The first-order valence-corrected chi connectivity index (χ1v) is 19.2. The zero-order valence-electron chi connectivity index (χ0n) is 29.6. The van der Waals surface area contributed by atoms with Crippen LogP contribution < -0.4 is 4.90 Å². The zero-order valence-corrected chi connectivity index (χ0v) is 30.4. The third kappa shape index (κ3) is 4.49. The summed E-state index contributed by atoms with van der Waals surface area (Å²) in [6.07, 6.45) is 0. The largest absolute Gasteiger partial charge is 0.310 e. The summed E-state index contributed by atoms with van der Waals surface area (Å²) in [5, 5.41) is 10.2. The molecule has 0 spiro atoms. The Bertz CT molecular complexity index is 3100. The van der Waals surface area contributed by atoms with Gasteiger partial charge in [0.1, 0.15) is 0 Å². The molecule has 0 radical (unpaired) electrons. The Morgan fingerprint density at radius 2 is 0.962 bits per heavy atom. The molecule has 11 rings (SSSR count). The lowest BCUT2D eigenvalue weighted by molar-refractivity contribution is 0.661. The minimum Gasteiger partial charge on any atom is -0.310 e. The van der Waals surface area contributed by atoms with E-state index in [-0.39, 0.29) is 5.41 Å². The zero-order chi connectivity index (χ0) is 35.3. The highest BCUT2D eigenvalue weighted by molar-refractivity contribution is 7.25. The highest BCUT2D eigenvalue weighted by Gasteiger charge is 2.37. The van der Waals surface area contributed by atoms with Crippen LogP contribution in [0.1, 0.15) is 25.0 Å². The van der Waals surface area contributed by atoms with E-state index >= 15 is 0 Å². The number of rotatable bonds is 4. The Balaban J connectivity index is 1.24. The highest BCUT2D eigenvalue weighted by Crippen LogP contribution is 2.54. The average Bonchev–Trinajstić information content (AvgIpc) is 3.69. The van der Waals surface area contributed by atoms with E-state index in [0.717, 1.165) is 17.1 Å². The first-order chi connectivity index (χ1) is 26.0. The van der Waals surface area contributed by atoms with Gasteiger partial charge in [-0.2, -0.15) is 0 Å². The minimum atomic E-state index is -0.106. The first kappa shape index (κ1) is 30.4. The van der Waals surface area contributed by atoms with Gasteiger partial charge < -0.3 is 4.90 Å². The van der Waals surface area contributed by atoms with Crippen LogP contribution in [0.3, 0.4) is 0 Å². The van der Waals surface area contributed by atoms with E-state index in [1.54, 1.807) is 0 Å². The molecule has 0 amide bonds. The number of hydrogen-bond donors (Lipinski definition) is 0. The van der Waals surface area contributed by atoms with E-state index < -0.39 is 0 Å². The maximum atomic E-state index is 2.52. The second-order valence-electron chi connectivity index (χ2n) is 14.9. The molecule has 53 heavy (non-hydrogen) atoms. The second-order valence-corrected chi connectivity index (χ2v) is 16.0. The van der Waals surface area contributed by atoms with Gasteiger partial charge in [0.05, 0.1) is 5.69 Å². The smallest absolute Gasteiger partial charge is 0.0546 e. The molecule has 0 bridgehead atoms. The number of anilines is 3. The SMILES string of the molecule is CC1(C)c2ccc(N(c3ccc4c(c3)sc3ccccc34)c3ccc4ccccc4c3-c3cccc4ccccc34)cc2-c2c1ccc1ccccc21. The Morgan fingerprint density at radius 1 is 0.396 bits per heavy atom. The lowest BCUT2D eigenvalue weighted by atomic mass is 9.82. The van der Waals surface area contributed by atoms with E-state index in [0.29, 0.717) is 0 Å². The van der Waals surface area contributed by atoms with Crippen LogP contribution >= 0.6 is 11.3 Å². The summed E-state index contributed by atoms with van der Waals surface area (Å²) in [5.74, 6) is 0. The Labute approximate surface area is 313 Å².